The van der Waals surface area contributed by atoms with Gasteiger partial charge in [-0.15, -0.1) is 0 Å². The zero-order valence-corrected chi connectivity index (χ0v) is 12.3. The smallest absolute Gasteiger partial charge is 0.137 e. The summed E-state index contributed by atoms with van der Waals surface area (Å²) in [5, 5.41) is 10.4. The molecule has 0 aliphatic rings. The molecule has 2 N–H and O–H groups in total. The summed E-state index contributed by atoms with van der Waals surface area (Å²) in [6.45, 7) is 5.53. The highest BCUT2D eigenvalue weighted by molar-refractivity contribution is 5.18. The topological polar surface area (TPSA) is 53.6 Å². The summed E-state index contributed by atoms with van der Waals surface area (Å²) in [7, 11) is 0. The fourth-order valence-electron chi connectivity index (χ4n) is 2.38. The molecule has 20 heavy (non-hydrogen) atoms. The van der Waals surface area contributed by atoms with E-state index in [1.807, 2.05) is 0 Å². The van der Waals surface area contributed by atoms with Crippen LogP contribution in [0.2, 0.25) is 0 Å². The minimum atomic E-state index is 0.436. The molecule has 2 rings (SSSR count). The number of hydrogen-bond acceptors (Lipinski definition) is 3. The number of benzene rings is 1. The van der Waals surface area contributed by atoms with Crippen LogP contribution in [0.1, 0.15) is 44.1 Å². The van der Waals surface area contributed by atoms with Crippen LogP contribution < -0.4 is 5.32 Å². The molecule has 0 amide bonds. The fourth-order valence-corrected chi connectivity index (χ4v) is 2.38. The van der Waals surface area contributed by atoms with Crippen LogP contribution in [0.3, 0.4) is 0 Å². The SMILES string of the molecule is CC(C)CC(NCCCc1ncn[nH]1)c1ccccc1. The van der Waals surface area contributed by atoms with Gasteiger partial charge in [-0.05, 0) is 30.9 Å². The molecule has 0 spiro atoms. The van der Waals surface area contributed by atoms with Crippen LogP contribution in [-0.2, 0) is 6.42 Å². The molecule has 1 aromatic heterocycles. The molecule has 0 aliphatic carbocycles. The highest BCUT2D eigenvalue weighted by Crippen LogP contribution is 2.20. The summed E-state index contributed by atoms with van der Waals surface area (Å²) in [6.07, 6.45) is 4.73. The molecule has 0 saturated carbocycles. The average Bonchev–Trinajstić information content (AvgIpc) is 2.96. The van der Waals surface area contributed by atoms with E-state index in [1.54, 1.807) is 6.33 Å². The molecule has 1 unspecified atom stereocenters. The van der Waals surface area contributed by atoms with Crippen LogP contribution >= 0.6 is 0 Å². The van der Waals surface area contributed by atoms with Crippen LogP contribution in [0.15, 0.2) is 36.7 Å². The molecule has 0 bridgehead atoms. The summed E-state index contributed by atoms with van der Waals surface area (Å²) >= 11 is 0. The predicted molar refractivity (Wildman–Crippen MR) is 81.3 cm³/mol. The molecule has 0 saturated heterocycles. The number of aromatic amines is 1. The Morgan fingerprint density at radius 1 is 1.20 bits per heavy atom. The molecule has 1 aromatic carbocycles. The Balaban J connectivity index is 1.82. The van der Waals surface area contributed by atoms with Crippen molar-refractivity contribution < 1.29 is 0 Å². The van der Waals surface area contributed by atoms with Crippen molar-refractivity contribution in [1.82, 2.24) is 20.5 Å². The highest BCUT2D eigenvalue weighted by atomic mass is 15.2. The number of hydrogen-bond donors (Lipinski definition) is 2. The summed E-state index contributed by atoms with van der Waals surface area (Å²) in [6, 6.07) is 11.1. The Labute approximate surface area is 121 Å². The fraction of sp³-hybridized carbons (Fsp3) is 0.500. The van der Waals surface area contributed by atoms with Crippen molar-refractivity contribution in [3.63, 3.8) is 0 Å². The van der Waals surface area contributed by atoms with E-state index in [4.69, 9.17) is 0 Å². The number of nitrogens with zero attached hydrogens (tertiary/aromatic N) is 2. The van der Waals surface area contributed by atoms with E-state index in [-0.39, 0.29) is 0 Å². The number of aromatic nitrogens is 3. The normalized spacial score (nSPS) is 12.8. The van der Waals surface area contributed by atoms with Crippen LogP contribution in [0.5, 0.6) is 0 Å². The lowest BCUT2D eigenvalue weighted by atomic mass is 9.97. The van der Waals surface area contributed by atoms with Gasteiger partial charge in [0.15, 0.2) is 0 Å². The maximum Gasteiger partial charge on any atom is 0.137 e. The highest BCUT2D eigenvalue weighted by Gasteiger charge is 2.12. The Morgan fingerprint density at radius 2 is 2.00 bits per heavy atom. The maximum absolute atomic E-state index is 4.15. The predicted octanol–water partition coefficient (Wildman–Crippen LogP) is 3.11. The first-order chi connectivity index (χ1) is 9.75. The molecule has 0 radical (unpaired) electrons. The van der Waals surface area contributed by atoms with E-state index >= 15 is 0 Å². The number of aryl methyl sites for hydroxylation is 1. The summed E-state index contributed by atoms with van der Waals surface area (Å²) in [5.41, 5.74) is 1.38. The van der Waals surface area contributed by atoms with E-state index in [0.717, 1.165) is 31.6 Å². The molecule has 2 aromatic rings. The number of rotatable bonds is 8. The molecule has 0 aliphatic heterocycles. The Bertz CT molecular complexity index is 464. The van der Waals surface area contributed by atoms with Gasteiger partial charge in [-0.3, -0.25) is 5.10 Å². The van der Waals surface area contributed by atoms with Gasteiger partial charge < -0.3 is 5.32 Å². The summed E-state index contributed by atoms with van der Waals surface area (Å²) < 4.78 is 0. The lowest BCUT2D eigenvalue weighted by Gasteiger charge is -2.21. The van der Waals surface area contributed by atoms with Gasteiger partial charge in [-0.1, -0.05) is 44.2 Å². The minimum absolute atomic E-state index is 0.436. The second-order valence-corrected chi connectivity index (χ2v) is 5.58. The van der Waals surface area contributed by atoms with Crippen molar-refractivity contribution in [3.05, 3.63) is 48.0 Å². The molecule has 1 atom stereocenters. The van der Waals surface area contributed by atoms with Gasteiger partial charge in [0.2, 0.25) is 0 Å². The molecule has 0 fully saturated rings. The number of nitrogens with one attached hydrogen (secondary N) is 2. The van der Waals surface area contributed by atoms with Crippen LogP contribution in [0.25, 0.3) is 0 Å². The maximum atomic E-state index is 4.15. The quantitative estimate of drug-likeness (QED) is 0.726. The van der Waals surface area contributed by atoms with E-state index in [9.17, 15) is 0 Å². The third-order valence-corrected chi connectivity index (χ3v) is 3.36. The molecular weight excluding hydrogens is 248 g/mol. The van der Waals surface area contributed by atoms with Crippen molar-refractivity contribution in [2.24, 2.45) is 5.92 Å². The number of H-pyrrole nitrogens is 1. The van der Waals surface area contributed by atoms with Gasteiger partial charge in [0.05, 0.1) is 0 Å². The second-order valence-electron chi connectivity index (χ2n) is 5.58. The third kappa shape index (κ3) is 4.78. The van der Waals surface area contributed by atoms with E-state index in [0.29, 0.717) is 12.0 Å². The average molecular weight is 272 g/mol. The van der Waals surface area contributed by atoms with Gasteiger partial charge in [0.1, 0.15) is 12.2 Å². The Kier molecular flexibility index (Phi) is 5.74. The Morgan fingerprint density at radius 3 is 2.65 bits per heavy atom. The van der Waals surface area contributed by atoms with E-state index < -0.39 is 0 Å². The van der Waals surface area contributed by atoms with Gasteiger partial charge in [0, 0.05) is 12.5 Å². The zero-order valence-electron chi connectivity index (χ0n) is 12.3. The first-order valence-electron chi connectivity index (χ1n) is 7.38. The summed E-state index contributed by atoms with van der Waals surface area (Å²) in [5.74, 6) is 1.65. The molecular formula is C16H24N4. The first kappa shape index (κ1) is 14.7. The summed E-state index contributed by atoms with van der Waals surface area (Å²) in [4.78, 5) is 4.15. The third-order valence-electron chi connectivity index (χ3n) is 3.36. The van der Waals surface area contributed by atoms with Crippen LogP contribution in [0.4, 0.5) is 0 Å². The molecule has 4 heteroatoms. The molecule has 4 nitrogen and oxygen atoms in total. The zero-order chi connectivity index (χ0) is 14.2. The van der Waals surface area contributed by atoms with Gasteiger partial charge in [-0.25, -0.2) is 4.98 Å². The monoisotopic (exact) mass is 272 g/mol. The second kappa shape index (κ2) is 7.80. The van der Waals surface area contributed by atoms with Crippen molar-refractivity contribution in [2.45, 2.75) is 39.2 Å². The van der Waals surface area contributed by atoms with Crippen molar-refractivity contribution in [3.8, 4) is 0 Å². The van der Waals surface area contributed by atoms with Gasteiger partial charge >= 0.3 is 0 Å². The van der Waals surface area contributed by atoms with Crippen molar-refractivity contribution in [2.75, 3.05) is 6.54 Å². The van der Waals surface area contributed by atoms with Crippen LogP contribution in [0, 0.1) is 5.92 Å². The van der Waals surface area contributed by atoms with E-state index in [1.165, 1.54) is 5.56 Å². The minimum Gasteiger partial charge on any atom is -0.310 e. The largest absolute Gasteiger partial charge is 0.310 e. The van der Waals surface area contributed by atoms with E-state index in [2.05, 4.69) is 64.7 Å². The lowest BCUT2D eigenvalue weighted by molar-refractivity contribution is 0.426. The van der Waals surface area contributed by atoms with Gasteiger partial charge in [-0.2, -0.15) is 5.10 Å². The molecule has 1 heterocycles. The van der Waals surface area contributed by atoms with Crippen molar-refractivity contribution >= 4 is 0 Å². The van der Waals surface area contributed by atoms with Crippen molar-refractivity contribution in [1.29, 1.82) is 0 Å². The van der Waals surface area contributed by atoms with Crippen LogP contribution in [-0.4, -0.2) is 21.7 Å². The lowest BCUT2D eigenvalue weighted by Crippen LogP contribution is -2.24. The standard InChI is InChI=1S/C16H24N4/c1-13(2)11-15(14-7-4-3-5-8-14)17-10-6-9-16-18-12-19-20-16/h3-5,7-8,12-13,15,17H,6,9-11H2,1-2H3,(H,18,19,20). The first-order valence-corrected chi connectivity index (χ1v) is 7.38. The molecule has 108 valence electrons. The Hall–Kier alpha value is -1.68. The van der Waals surface area contributed by atoms with Gasteiger partial charge in [0.25, 0.3) is 0 Å².